The van der Waals surface area contributed by atoms with Crippen LogP contribution < -0.4 is 20.1 Å². The van der Waals surface area contributed by atoms with E-state index < -0.39 is 107 Å². The van der Waals surface area contributed by atoms with Crippen molar-refractivity contribution in [3.63, 3.8) is 0 Å². The number of fused-ring (bicyclic) bond motifs is 3. The van der Waals surface area contributed by atoms with Gasteiger partial charge < -0.3 is 65.3 Å². The smallest absolute Gasteiger partial charge is 0.289 e. The highest BCUT2D eigenvalue weighted by atomic mass is 16.7. The van der Waals surface area contributed by atoms with Gasteiger partial charge in [0, 0.05) is 59.8 Å². The van der Waals surface area contributed by atoms with Gasteiger partial charge in [-0.05, 0) is 86.0 Å². The third kappa shape index (κ3) is 9.29. The van der Waals surface area contributed by atoms with Gasteiger partial charge in [0.2, 0.25) is 11.6 Å². The fourth-order valence-corrected chi connectivity index (χ4v) is 9.91. The van der Waals surface area contributed by atoms with E-state index in [9.17, 15) is 59.7 Å². The number of aromatic hydroxyl groups is 4. The van der Waals surface area contributed by atoms with Crippen molar-refractivity contribution in [3.05, 3.63) is 129 Å². The van der Waals surface area contributed by atoms with Crippen molar-refractivity contribution >= 4 is 29.2 Å². The number of amides is 2. The van der Waals surface area contributed by atoms with Gasteiger partial charge in [0.15, 0.2) is 23.7 Å². The molecule has 6 atom stereocenters. The number of Topliss-reactive ketones (excluding diaryl/α,β-unsaturated/α-hetero) is 1. The highest BCUT2D eigenvalue weighted by Crippen LogP contribution is 2.53. The van der Waals surface area contributed by atoms with Crippen LogP contribution in [-0.4, -0.2) is 130 Å². The second-order valence-corrected chi connectivity index (χ2v) is 18.8. The number of benzene rings is 5. The molecule has 1 aliphatic heterocycles. The number of phenolic OH excluding ortho intramolecular Hbond substituents is 4. The molecule has 21 nitrogen and oxygen atoms in total. The number of phenols is 4. The molecule has 0 radical (unpaired) electrons. The zero-order valence-electron chi connectivity index (χ0n) is 41.2. The largest absolute Gasteiger partial charge is 0.508 e. The molecule has 75 heavy (non-hydrogen) atoms. The molecule has 1 aromatic heterocycles. The van der Waals surface area contributed by atoms with Crippen LogP contribution in [0.1, 0.15) is 122 Å². The molecule has 2 heterocycles. The van der Waals surface area contributed by atoms with Crippen LogP contribution in [0.3, 0.4) is 0 Å². The summed E-state index contributed by atoms with van der Waals surface area (Å²) < 4.78 is 25.2. The van der Waals surface area contributed by atoms with Gasteiger partial charge >= 0.3 is 0 Å². The third-order valence-corrected chi connectivity index (χ3v) is 13.7. The molecule has 6 aromatic rings. The molecule has 2 aliphatic carbocycles. The van der Waals surface area contributed by atoms with Gasteiger partial charge in [-0.25, -0.2) is 0 Å². The maximum Gasteiger partial charge on any atom is 0.289 e. The Balaban J connectivity index is 0.923. The monoisotopic (exact) mass is 1030 g/mol. The number of carbonyl (C=O) groups excluding carboxylic acids is 5. The van der Waals surface area contributed by atoms with E-state index in [1.165, 1.54) is 55.0 Å². The Labute approximate surface area is 427 Å². The summed E-state index contributed by atoms with van der Waals surface area (Å²) in [5.74, 6) is -4.98. The molecule has 2 amide bonds. The van der Waals surface area contributed by atoms with E-state index in [1.54, 1.807) is 49.4 Å². The van der Waals surface area contributed by atoms with Gasteiger partial charge in [0.05, 0.1) is 47.6 Å². The van der Waals surface area contributed by atoms with Crippen molar-refractivity contribution in [1.29, 1.82) is 0 Å². The summed E-state index contributed by atoms with van der Waals surface area (Å²) in [4.78, 5) is 67.9. The Bertz CT molecular complexity index is 3280. The number of hydrogen-bond acceptors (Lipinski definition) is 18. The summed E-state index contributed by atoms with van der Waals surface area (Å²) in [6.45, 7) is 6.24. The molecule has 21 heteroatoms. The highest BCUT2D eigenvalue weighted by molar-refractivity contribution is 6.31. The lowest BCUT2D eigenvalue weighted by Gasteiger charge is -2.43. The van der Waals surface area contributed by atoms with Crippen molar-refractivity contribution in [2.45, 2.75) is 89.1 Å². The van der Waals surface area contributed by atoms with E-state index in [4.69, 9.17) is 18.9 Å². The Morgan fingerprint density at radius 3 is 2.20 bits per heavy atom. The number of nitrogens with zero attached hydrogens (tertiary/aromatic N) is 3. The zero-order chi connectivity index (χ0) is 53.8. The molecule has 3 aliphatic rings. The summed E-state index contributed by atoms with van der Waals surface area (Å²) in [6, 6.07) is 18.7. The van der Waals surface area contributed by atoms with E-state index in [2.05, 4.69) is 20.8 Å². The average Bonchev–Trinajstić information content (AvgIpc) is 3.83. The van der Waals surface area contributed by atoms with E-state index in [0.29, 0.717) is 29.3 Å². The molecule has 9 rings (SSSR count). The van der Waals surface area contributed by atoms with E-state index in [0.717, 1.165) is 0 Å². The van der Waals surface area contributed by atoms with Crippen LogP contribution in [0.15, 0.2) is 78.9 Å². The van der Waals surface area contributed by atoms with Crippen molar-refractivity contribution in [2.24, 2.45) is 0 Å². The predicted octanol–water partition coefficient (Wildman–Crippen LogP) is 4.80. The molecule has 1 saturated heterocycles. The van der Waals surface area contributed by atoms with Crippen LogP contribution in [0.5, 0.6) is 40.2 Å². The lowest BCUT2D eigenvalue weighted by molar-refractivity contribution is -0.249. The fourth-order valence-electron chi connectivity index (χ4n) is 9.91. The Morgan fingerprint density at radius 2 is 1.55 bits per heavy atom. The molecule has 0 unspecified atom stereocenters. The molecule has 5 aromatic carbocycles. The topological polar surface area (TPSA) is 319 Å². The van der Waals surface area contributed by atoms with E-state index in [-0.39, 0.29) is 74.6 Å². The average molecular weight is 1030 g/mol. The van der Waals surface area contributed by atoms with Crippen molar-refractivity contribution in [2.75, 3.05) is 20.3 Å². The molecule has 0 bridgehead atoms. The van der Waals surface area contributed by atoms with Crippen LogP contribution in [0.2, 0.25) is 0 Å². The minimum Gasteiger partial charge on any atom is -0.508 e. The number of methoxy groups -OCH3 is 1. The van der Waals surface area contributed by atoms with E-state index in [1.807, 2.05) is 13.8 Å². The summed E-state index contributed by atoms with van der Waals surface area (Å²) in [6.07, 6.45) is -6.59. The highest BCUT2D eigenvalue weighted by Gasteiger charge is 2.50. The Kier molecular flexibility index (Phi) is 14.0. The molecule has 9 N–H and O–H groups in total. The lowest BCUT2D eigenvalue weighted by Crippen LogP contribution is -2.55. The van der Waals surface area contributed by atoms with Gasteiger partial charge in [-0.1, -0.05) is 26.0 Å². The number of rotatable bonds is 14. The summed E-state index contributed by atoms with van der Waals surface area (Å²) >= 11 is 0. The van der Waals surface area contributed by atoms with Crippen LogP contribution in [-0.2, 0) is 20.7 Å². The Hall–Kier alpha value is -8.21. The first kappa shape index (κ1) is 51.7. The van der Waals surface area contributed by atoms with Gasteiger partial charge in [0.1, 0.15) is 58.6 Å². The quantitative estimate of drug-likeness (QED) is 0.0661. The number of aromatic nitrogens is 3. The fraction of sp³-hybridized carbons (Fsp3) is 0.315. The number of ether oxygens (including phenoxy) is 4. The molecular formula is C54H53N5O16. The first-order valence-corrected chi connectivity index (χ1v) is 24.0. The normalized spacial score (nSPS) is 20.9. The number of carbonyl (C=O) groups is 5. The molecule has 0 spiro atoms. The molecule has 390 valence electrons. The van der Waals surface area contributed by atoms with Gasteiger partial charge in [-0.15, -0.1) is 10.2 Å². The summed E-state index contributed by atoms with van der Waals surface area (Å²) in [5.41, 5.74) is -2.83. The molecule has 1 fully saturated rings. The van der Waals surface area contributed by atoms with E-state index >= 15 is 0 Å². The second kappa shape index (κ2) is 20.2. The second-order valence-electron chi connectivity index (χ2n) is 18.8. The molecule has 0 saturated carbocycles. The number of nitrogens with one attached hydrogen (secondary N) is 2. The first-order chi connectivity index (χ1) is 35.8. The SMILES string of the molecule is CCNC(=O)c1nnc(-c2cc(C(C)C)c(O)cc2O)n1-c1ccc(Oc2ccc(C(=O)N[C@H]3C[C@H](O[C@H]4C[C@](O)(C(=O)CO)Cc5c(O)c6c(c(O)c54)C(=O)c4c(OC)cccc4C6=O)O[C@@H](C)[C@H]3O)cc2)cc1. The van der Waals surface area contributed by atoms with Gasteiger partial charge in [-0.2, -0.15) is 0 Å². The zero-order valence-corrected chi connectivity index (χ0v) is 41.2. The van der Waals surface area contributed by atoms with Crippen LogP contribution in [0.25, 0.3) is 17.1 Å². The summed E-state index contributed by atoms with van der Waals surface area (Å²) in [7, 11) is 1.30. The Morgan fingerprint density at radius 1 is 0.867 bits per heavy atom. The number of hydrogen-bond donors (Lipinski definition) is 9. The van der Waals surface area contributed by atoms with Gasteiger partial charge in [0.25, 0.3) is 11.8 Å². The minimum absolute atomic E-state index is 0.0403. The predicted molar refractivity (Wildman–Crippen MR) is 264 cm³/mol. The van der Waals surface area contributed by atoms with Crippen LogP contribution >= 0.6 is 0 Å². The third-order valence-electron chi connectivity index (χ3n) is 13.7. The minimum atomic E-state index is -2.39. The van der Waals surface area contributed by atoms with Crippen LogP contribution in [0.4, 0.5) is 0 Å². The number of aliphatic hydroxyl groups excluding tert-OH is 2. The maximum atomic E-state index is 14.1. The van der Waals surface area contributed by atoms with Crippen molar-refractivity contribution in [1.82, 2.24) is 25.4 Å². The van der Waals surface area contributed by atoms with Crippen molar-refractivity contribution in [3.8, 4) is 57.3 Å². The van der Waals surface area contributed by atoms with Crippen molar-refractivity contribution < 1.29 is 78.7 Å². The molecular weight excluding hydrogens is 975 g/mol. The first-order valence-electron chi connectivity index (χ1n) is 24.0. The van der Waals surface area contributed by atoms with Gasteiger partial charge in [-0.3, -0.25) is 28.5 Å². The standard InChI is InChI=1S/C54H53N5O16/c1-6-55-53(70)51-58-57-50(32-18-31(24(2)3)35(61)20-36(32)62)59(51)27-12-16-29(17-13-27)74-28-14-10-26(11-15-28)52(69)56-34-19-40(73-25(4)45(34)64)75-38-22-54(71,39(63)23-60)21-33-42(38)49(68)44-43(47(33)66)46(65)30-8-7-9-37(72-5)41(30)48(44)67/h7-18,20,24-25,34,38,40,45,60-62,64,66,68,71H,6,19,21-23H2,1-5H3,(H,55,70)(H,56,69)/t25-,34-,38-,40-,45+,54-/m0/s1. The summed E-state index contributed by atoms with van der Waals surface area (Å²) in [5, 5.41) is 91.7. The maximum absolute atomic E-state index is 14.1. The van der Waals surface area contributed by atoms with Crippen LogP contribution in [0, 0.1) is 0 Å². The lowest BCUT2D eigenvalue weighted by atomic mass is 9.72. The number of aliphatic hydroxyl groups is 3. The number of ketones is 3.